The Morgan fingerprint density at radius 2 is 1.83 bits per heavy atom. The van der Waals surface area contributed by atoms with Crippen LogP contribution >= 0.6 is 0 Å². The van der Waals surface area contributed by atoms with E-state index in [1.54, 1.807) is 35.2 Å². The van der Waals surface area contributed by atoms with Gasteiger partial charge in [-0.25, -0.2) is 13.4 Å². The summed E-state index contributed by atoms with van der Waals surface area (Å²) in [5, 5.41) is 14.4. The highest BCUT2D eigenvalue weighted by molar-refractivity contribution is 7.92. The van der Waals surface area contributed by atoms with Crippen LogP contribution in [0, 0.1) is 0 Å². The van der Waals surface area contributed by atoms with Gasteiger partial charge in [0.15, 0.2) is 9.84 Å². The van der Waals surface area contributed by atoms with Crippen molar-refractivity contribution in [1.29, 1.82) is 0 Å². The van der Waals surface area contributed by atoms with Crippen LogP contribution in [0.25, 0.3) is 0 Å². The van der Waals surface area contributed by atoms with Crippen molar-refractivity contribution in [3.8, 4) is 0 Å². The van der Waals surface area contributed by atoms with E-state index in [1.165, 1.54) is 6.07 Å². The fraction of sp³-hybridized carbons (Fsp3) is 0.440. The molecule has 2 fully saturated rings. The number of nitrogens with zero attached hydrogens (tertiary/aromatic N) is 2. The Bertz CT molecular complexity index is 1230. The fourth-order valence-corrected chi connectivity index (χ4v) is 6.57. The van der Waals surface area contributed by atoms with Gasteiger partial charge in [0.05, 0.1) is 22.3 Å². The van der Waals surface area contributed by atoms with Crippen molar-refractivity contribution in [3.63, 3.8) is 0 Å². The fourth-order valence-electron chi connectivity index (χ4n) is 4.67. The lowest BCUT2D eigenvalue weighted by Gasteiger charge is -2.30. The van der Waals surface area contributed by atoms with Crippen LogP contribution in [0.1, 0.15) is 48.9 Å². The number of aliphatic hydroxyl groups is 1. The van der Waals surface area contributed by atoms with Crippen molar-refractivity contribution in [2.45, 2.75) is 48.7 Å². The molecule has 1 saturated heterocycles. The number of amides is 1. The standard InChI is InChI=1S/C25H30F2N4O4S/c26-23(27)17-10-13-31(14-11-17)24-21(8-9-22(30-24)28-12-15-32)25(33)29-18-4-3-7-20(16-18)36(34,35)19-5-1-2-6-19/h3-4,7-9,16,19,32H,1-2,5-6,10-15H2,(H,28,30)(H,29,33). The second-order valence-corrected chi connectivity index (χ2v) is 11.2. The number of piperidine rings is 1. The Morgan fingerprint density at radius 3 is 2.50 bits per heavy atom. The monoisotopic (exact) mass is 520 g/mol. The Morgan fingerprint density at radius 1 is 1.11 bits per heavy atom. The van der Waals surface area contributed by atoms with Gasteiger partial charge in [-0.1, -0.05) is 18.9 Å². The minimum Gasteiger partial charge on any atom is -0.395 e. The molecule has 2 aromatic rings. The number of rotatable bonds is 8. The van der Waals surface area contributed by atoms with Crippen LogP contribution in [-0.4, -0.2) is 55.9 Å². The summed E-state index contributed by atoms with van der Waals surface area (Å²) in [5.74, 6) is 0.293. The first-order valence-corrected chi connectivity index (χ1v) is 13.6. The molecule has 0 radical (unpaired) electrons. The average Bonchev–Trinajstić information content (AvgIpc) is 3.44. The average molecular weight is 521 g/mol. The number of pyridine rings is 1. The minimum atomic E-state index is -3.48. The molecule has 1 aliphatic heterocycles. The number of carbonyl (C=O) groups excluding carboxylic acids is 1. The molecule has 0 unspecified atom stereocenters. The van der Waals surface area contributed by atoms with Gasteiger partial charge in [-0.15, -0.1) is 0 Å². The normalized spacial score (nSPS) is 16.8. The smallest absolute Gasteiger partial charge is 0.269 e. The molecule has 8 nitrogen and oxygen atoms in total. The molecule has 3 N–H and O–H groups in total. The van der Waals surface area contributed by atoms with Gasteiger partial charge in [0.25, 0.3) is 12.0 Å². The zero-order valence-corrected chi connectivity index (χ0v) is 20.7. The van der Waals surface area contributed by atoms with E-state index in [9.17, 15) is 22.0 Å². The number of benzene rings is 1. The summed E-state index contributed by atoms with van der Waals surface area (Å²) in [6.45, 7) is 0.713. The Labute approximate surface area is 209 Å². The zero-order valence-electron chi connectivity index (χ0n) is 19.8. The van der Waals surface area contributed by atoms with Gasteiger partial charge in [0.1, 0.15) is 11.6 Å². The summed E-state index contributed by atoms with van der Waals surface area (Å²) in [4.78, 5) is 19.8. The van der Waals surface area contributed by atoms with Crippen molar-refractivity contribution < 1.29 is 27.1 Å². The third kappa shape index (κ3) is 5.84. The van der Waals surface area contributed by atoms with Gasteiger partial charge in [0, 0.05) is 25.3 Å². The Kier molecular flexibility index (Phi) is 8.20. The molecule has 4 rings (SSSR count). The van der Waals surface area contributed by atoms with Crippen LogP contribution < -0.4 is 15.5 Å². The first-order valence-electron chi connectivity index (χ1n) is 12.1. The van der Waals surface area contributed by atoms with Gasteiger partial charge in [0.2, 0.25) is 0 Å². The summed E-state index contributed by atoms with van der Waals surface area (Å²) in [6.07, 6.45) is 1.75. The highest BCUT2D eigenvalue weighted by atomic mass is 32.2. The molecule has 1 aromatic heterocycles. The number of aromatic nitrogens is 1. The zero-order chi connectivity index (χ0) is 25.7. The number of anilines is 3. The van der Waals surface area contributed by atoms with E-state index in [4.69, 9.17) is 5.11 Å². The number of hydrogen-bond acceptors (Lipinski definition) is 7. The number of sulfone groups is 1. The largest absolute Gasteiger partial charge is 0.395 e. The van der Waals surface area contributed by atoms with Crippen molar-refractivity contribution >= 4 is 33.1 Å². The molecule has 1 saturated carbocycles. The maximum Gasteiger partial charge on any atom is 0.269 e. The van der Waals surface area contributed by atoms with E-state index in [-0.39, 0.29) is 55.1 Å². The molecule has 2 aliphatic rings. The van der Waals surface area contributed by atoms with Crippen molar-refractivity contribution in [1.82, 2.24) is 4.98 Å². The molecule has 0 bridgehead atoms. The first kappa shape index (κ1) is 26.0. The molecule has 0 spiro atoms. The predicted octanol–water partition coefficient (Wildman–Crippen LogP) is 4.21. The number of hydrogen-bond donors (Lipinski definition) is 3. The third-order valence-electron chi connectivity index (χ3n) is 6.63. The van der Waals surface area contributed by atoms with Gasteiger partial charge >= 0.3 is 0 Å². The number of aliphatic hydroxyl groups excluding tert-OH is 1. The lowest BCUT2D eigenvalue weighted by Crippen LogP contribution is -2.33. The molecule has 11 heteroatoms. The lowest BCUT2D eigenvalue weighted by atomic mass is 10.0. The van der Waals surface area contributed by atoms with Crippen LogP contribution in [0.5, 0.6) is 0 Å². The maximum absolute atomic E-state index is 13.3. The second kappa shape index (κ2) is 11.3. The molecule has 2 heterocycles. The van der Waals surface area contributed by atoms with Gasteiger partial charge in [-0.05, 0) is 61.6 Å². The van der Waals surface area contributed by atoms with E-state index >= 15 is 0 Å². The molecule has 1 amide bonds. The molecule has 194 valence electrons. The molecular weight excluding hydrogens is 490 g/mol. The highest BCUT2D eigenvalue weighted by Crippen LogP contribution is 2.32. The van der Waals surface area contributed by atoms with Crippen LogP contribution in [0.2, 0.25) is 0 Å². The van der Waals surface area contributed by atoms with Crippen LogP contribution in [-0.2, 0) is 9.84 Å². The number of carbonyl (C=O) groups is 1. The molecule has 1 aromatic carbocycles. The summed E-state index contributed by atoms with van der Waals surface area (Å²) in [6, 6.07) is 9.42. The quantitative estimate of drug-likeness (QED) is 0.478. The lowest BCUT2D eigenvalue weighted by molar-refractivity contribution is 0.102. The van der Waals surface area contributed by atoms with Crippen LogP contribution in [0.3, 0.4) is 0 Å². The van der Waals surface area contributed by atoms with E-state index < -0.39 is 27.1 Å². The second-order valence-electron chi connectivity index (χ2n) is 9.00. The highest BCUT2D eigenvalue weighted by Gasteiger charge is 2.30. The summed E-state index contributed by atoms with van der Waals surface area (Å²) in [7, 11) is -3.48. The van der Waals surface area contributed by atoms with Crippen molar-refractivity contribution in [3.05, 3.63) is 53.6 Å². The van der Waals surface area contributed by atoms with E-state index in [0.29, 0.717) is 30.2 Å². The van der Waals surface area contributed by atoms with E-state index in [2.05, 4.69) is 15.6 Å². The summed E-state index contributed by atoms with van der Waals surface area (Å²) >= 11 is 0. The van der Waals surface area contributed by atoms with Gasteiger partial charge in [-0.3, -0.25) is 4.79 Å². The Hall–Kier alpha value is -3.05. The predicted molar refractivity (Wildman–Crippen MR) is 134 cm³/mol. The van der Waals surface area contributed by atoms with Crippen molar-refractivity contribution in [2.24, 2.45) is 0 Å². The maximum atomic E-state index is 13.3. The molecule has 1 aliphatic carbocycles. The molecular formula is C25H30F2N4O4S. The summed E-state index contributed by atoms with van der Waals surface area (Å²) < 4.78 is 52.0. The number of halogens is 2. The van der Waals surface area contributed by atoms with Crippen LogP contribution in [0.15, 0.2) is 52.9 Å². The SMILES string of the molecule is O=C(Nc1cccc(S(=O)(=O)C2CCCC2)c1)c1ccc(NCCO)nc1N1CCC(=C(F)F)CC1. The summed E-state index contributed by atoms with van der Waals surface area (Å²) in [5.41, 5.74) is 0.685. The minimum absolute atomic E-state index is 0.104. The third-order valence-corrected chi connectivity index (χ3v) is 8.89. The van der Waals surface area contributed by atoms with E-state index in [0.717, 1.165) is 12.8 Å². The van der Waals surface area contributed by atoms with Crippen LogP contribution in [0.4, 0.5) is 26.1 Å². The number of nitrogens with one attached hydrogen (secondary N) is 2. The first-order chi connectivity index (χ1) is 17.3. The van der Waals surface area contributed by atoms with Gasteiger partial charge < -0.3 is 20.6 Å². The Balaban J connectivity index is 1.58. The van der Waals surface area contributed by atoms with Gasteiger partial charge in [-0.2, -0.15) is 8.78 Å². The van der Waals surface area contributed by atoms with Crippen molar-refractivity contribution in [2.75, 3.05) is 41.8 Å². The molecule has 0 atom stereocenters. The molecule has 36 heavy (non-hydrogen) atoms. The topological polar surface area (TPSA) is 112 Å². The van der Waals surface area contributed by atoms with E-state index in [1.807, 2.05) is 0 Å².